The largest absolute Gasteiger partial charge is 0.473 e. The lowest BCUT2D eigenvalue weighted by Crippen LogP contribution is -2.05. The summed E-state index contributed by atoms with van der Waals surface area (Å²) in [7, 11) is 0. The molecule has 0 aromatic carbocycles. The van der Waals surface area contributed by atoms with Crippen LogP contribution < -0.4 is 0 Å². The first kappa shape index (κ1) is 14.3. The average Bonchev–Trinajstić information content (AvgIpc) is 2.17. The molecular formula is C14H26O. The van der Waals surface area contributed by atoms with Gasteiger partial charge in [-0.3, -0.25) is 0 Å². The molecule has 0 aliphatic heterocycles. The molecule has 0 spiro atoms. The molecule has 0 atom stereocenters. The smallest absolute Gasteiger partial charge is 0.0866 e. The van der Waals surface area contributed by atoms with Crippen LogP contribution in [0.1, 0.15) is 54.4 Å². The Kier molecular flexibility index (Phi) is 5.71. The molecule has 0 aliphatic rings. The fourth-order valence-electron chi connectivity index (χ4n) is 0.728. The van der Waals surface area contributed by atoms with Crippen molar-refractivity contribution >= 4 is 0 Å². The third kappa shape index (κ3) is 7.24. The molecule has 0 N–H and O–H groups in total. The first-order valence-corrected chi connectivity index (χ1v) is 5.84. The van der Waals surface area contributed by atoms with Gasteiger partial charge in [0.25, 0.3) is 0 Å². The Balaban J connectivity index is 3.99. The van der Waals surface area contributed by atoms with Crippen LogP contribution in [-0.2, 0) is 4.74 Å². The highest BCUT2D eigenvalue weighted by atomic mass is 16.5. The first-order valence-electron chi connectivity index (χ1n) is 5.84. The number of hydrogen-bond acceptors (Lipinski definition) is 1. The van der Waals surface area contributed by atoms with E-state index < -0.39 is 0 Å². The van der Waals surface area contributed by atoms with Gasteiger partial charge < -0.3 is 4.74 Å². The van der Waals surface area contributed by atoms with E-state index in [4.69, 9.17) is 4.74 Å². The standard InChI is InChI=1S/C14H26O/c1-7-13(3,4)9-11-15-12-10-14(5,6)8-2/h9-12H,7-8H2,1-6H3. The van der Waals surface area contributed by atoms with Crippen LogP contribution in [0.15, 0.2) is 24.7 Å². The van der Waals surface area contributed by atoms with Gasteiger partial charge in [-0.2, -0.15) is 0 Å². The predicted octanol–water partition coefficient (Wildman–Crippen LogP) is 4.90. The van der Waals surface area contributed by atoms with E-state index in [9.17, 15) is 0 Å². The lowest BCUT2D eigenvalue weighted by atomic mass is 9.90. The second-order valence-corrected chi connectivity index (χ2v) is 5.43. The van der Waals surface area contributed by atoms with Gasteiger partial charge in [0.1, 0.15) is 0 Å². The number of allylic oxidation sites excluding steroid dienone is 2. The Morgan fingerprint density at radius 3 is 1.40 bits per heavy atom. The summed E-state index contributed by atoms with van der Waals surface area (Å²) in [5.41, 5.74) is 0.461. The fourth-order valence-corrected chi connectivity index (χ4v) is 0.728. The highest BCUT2D eigenvalue weighted by Crippen LogP contribution is 2.22. The minimum atomic E-state index is 0.230. The van der Waals surface area contributed by atoms with Gasteiger partial charge >= 0.3 is 0 Å². The van der Waals surface area contributed by atoms with Crippen LogP contribution in [0.2, 0.25) is 0 Å². The van der Waals surface area contributed by atoms with Crippen molar-refractivity contribution in [3.05, 3.63) is 24.7 Å². The van der Waals surface area contributed by atoms with Crippen molar-refractivity contribution in [2.24, 2.45) is 10.8 Å². The minimum absolute atomic E-state index is 0.230. The SMILES string of the molecule is CCC(C)(C)C=COC=CC(C)(C)CC. The molecule has 0 aromatic rings. The summed E-state index contributed by atoms with van der Waals surface area (Å²) in [4.78, 5) is 0. The van der Waals surface area contributed by atoms with Crippen molar-refractivity contribution in [1.82, 2.24) is 0 Å². The fraction of sp³-hybridized carbons (Fsp3) is 0.714. The van der Waals surface area contributed by atoms with Gasteiger partial charge in [-0.05, 0) is 35.8 Å². The molecule has 0 rings (SSSR count). The van der Waals surface area contributed by atoms with Crippen molar-refractivity contribution in [3.8, 4) is 0 Å². The van der Waals surface area contributed by atoms with Crippen LogP contribution in [-0.4, -0.2) is 0 Å². The van der Waals surface area contributed by atoms with Crippen molar-refractivity contribution in [2.75, 3.05) is 0 Å². The molecule has 1 heteroatoms. The van der Waals surface area contributed by atoms with Gasteiger partial charge in [-0.1, -0.05) is 41.5 Å². The van der Waals surface area contributed by atoms with E-state index >= 15 is 0 Å². The van der Waals surface area contributed by atoms with Gasteiger partial charge in [-0.15, -0.1) is 0 Å². The third-order valence-corrected chi connectivity index (χ3v) is 3.02. The average molecular weight is 210 g/mol. The van der Waals surface area contributed by atoms with E-state index in [1.165, 1.54) is 0 Å². The van der Waals surface area contributed by atoms with Gasteiger partial charge in [0, 0.05) is 0 Å². The highest BCUT2D eigenvalue weighted by Gasteiger charge is 2.10. The molecule has 15 heavy (non-hydrogen) atoms. The Bertz CT molecular complexity index is 197. The van der Waals surface area contributed by atoms with E-state index in [0.717, 1.165) is 12.8 Å². The maximum absolute atomic E-state index is 5.35. The zero-order valence-electron chi connectivity index (χ0n) is 11.1. The maximum Gasteiger partial charge on any atom is 0.0866 e. The summed E-state index contributed by atoms with van der Waals surface area (Å²) in [6.45, 7) is 13.2. The van der Waals surface area contributed by atoms with Crippen molar-refractivity contribution in [2.45, 2.75) is 54.4 Å². The van der Waals surface area contributed by atoms with Gasteiger partial charge in [0.05, 0.1) is 12.5 Å². The predicted molar refractivity (Wildman–Crippen MR) is 67.5 cm³/mol. The monoisotopic (exact) mass is 210 g/mol. The minimum Gasteiger partial charge on any atom is -0.473 e. The van der Waals surface area contributed by atoms with Gasteiger partial charge in [0.15, 0.2) is 0 Å². The van der Waals surface area contributed by atoms with Crippen LogP contribution >= 0.6 is 0 Å². The molecule has 0 saturated heterocycles. The molecule has 0 unspecified atom stereocenters. The molecule has 0 fully saturated rings. The van der Waals surface area contributed by atoms with Crippen LogP contribution in [0.25, 0.3) is 0 Å². The van der Waals surface area contributed by atoms with Crippen LogP contribution in [0.5, 0.6) is 0 Å². The topological polar surface area (TPSA) is 9.23 Å². The number of rotatable bonds is 6. The summed E-state index contributed by atoms with van der Waals surface area (Å²) in [6, 6.07) is 0. The zero-order chi connectivity index (χ0) is 11.9. The molecule has 0 heterocycles. The van der Waals surface area contributed by atoms with Crippen molar-refractivity contribution < 1.29 is 4.74 Å². The molecular weight excluding hydrogens is 184 g/mol. The lowest BCUT2D eigenvalue weighted by Gasteiger charge is -2.17. The van der Waals surface area contributed by atoms with E-state index in [-0.39, 0.29) is 10.8 Å². The van der Waals surface area contributed by atoms with Gasteiger partial charge in [-0.25, -0.2) is 0 Å². The summed E-state index contributed by atoms with van der Waals surface area (Å²) < 4.78 is 5.35. The van der Waals surface area contributed by atoms with Gasteiger partial charge in [0.2, 0.25) is 0 Å². The molecule has 0 aliphatic carbocycles. The summed E-state index contributed by atoms with van der Waals surface area (Å²) in [5, 5.41) is 0. The molecule has 0 radical (unpaired) electrons. The van der Waals surface area contributed by atoms with Crippen LogP contribution in [0.3, 0.4) is 0 Å². The molecule has 0 bridgehead atoms. The quantitative estimate of drug-likeness (QED) is 0.566. The first-order chi connectivity index (χ1) is 6.83. The molecule has 88 valence electrons. The summed E-state index contributed by atoms with van der Waals surface area (Å²) in [5.74, 6) is 0. The van der Waals surface area contributed by atoms with E-state index in [0.29, 0.717) is 0 Å². The number of ether oxygens (including phenoxy) is 1. The second-order valence-electron chi connectivity index (χ2n) is 5.43. The normalized spacial score (nSPS) is 14.0. The second kappa shape index (κ2) is 5.99. The zero-order valence-corrected chi connectivity index (χ0v) is 11.1. The van der Waals surface area contributed by atoms with E-state index in [2.05, 4.69) is 53.7 Å². The van der Waals surface area contributed by atoms with E-state index in [1.807, 2.05) is 0 Å². The van der Waals surface area contributed by atoms with Crippen molar-refractivity contribution in [1.29, 1.82) is 0 Å². The highest BCUT2D eigenvalue weighted by molar-refractivity contribution is 4.94. The number of hydrogen-bond donors (Lipinski definition) is 0. The Labute approximate surface area is 95.2 Å². The molecule has 1 nitrogen and oxygen atoms in total. The Morgan fingerprint density at radius 2 is 1.13 bits per heavy atom. The molecule has 0 amide bonds. The Hall–Kier alpha value is -0.720. The summed E-state index contributed by atoms with van der Waals surface area (Å²) >= 11 is 0. The molecule has 0 saturated carbocycles. The van der Waals surface area contributed by atoms with E-state index in [1.54, 1.807) is 12.5 Å². The summed E-state index contributed by atoms with van der Waals surface area (Å²) in [6.07, 6.45) is 10.0. The maximum atomic E-state index is 5.35. The van der Waals surface area contributed by atoms with Crippen molar-refractivity contribution in [3.63, 3.8) is 0 Å². The Morgan fingerprint density at radius 1 is 0.800 bits per heavy atom. The van der Waals surface area contributed by atoms with Crippen LogP contribution in [0, 0.1) is 10.8 Å². The van der Waals surface area contributed by atoms with Crippen LogP contribution in [0.4, 0.5) is 0 Å². The third-order valence-electron chi connectivity index (χ3n) is 3.02. The molecule has 0 aromatic heterocycles. The lowest BCUT2D eigenvalue weighted by molar-refractivity contribution is 0.363.